The number of fused-ring (bicyclic) bond motifs is 1. The van der Waals surface area contributed by atoms with E-state index in [2.05, 4.69) is 4.98 Å². The first-order valence-electron chi connectivity index (χ1n) is 8.74. The van der Waals surface area contributed by atoms with Crippen LogP contribution in [0.1, 0.15) is 11.3 Å². The lowest BCUT2D eigenvalue weighted by Crippen LogP contribution is -2.30. The molecule has 0 saturated heterocycles. The molecule has 2 aromatic carbocycles. The van der Waals surface area contributed by atoms with Gasteiger partial charge >= 0.3 is 5.76 Å². The number of oxazole rings is 1. The SMILES string of the molecule is COc1ccc(CN(Cc2ccco2)S(=O)(=O)c2ccc3[nH]c(=O)oc3c2)cc1. The van der Waals surface area contributed by atoms with Crippen molar-refractivity contribution in [3.8, 4) is 5.75 Å². The molecule has 4 aromatic rings. The smallest absolute Gasteiger partial charge is 0.417 e. The van der Waals surface area contributed by atoms with E-state index in [1.54, 1.807) is 43.5 Å². The number of benzene rings is 2. The van der Waals surface area contributed by atoms with Crippen LogP contribution in [0.4, 0.5) is 0 Å². The Kier molecular flexibility index (Phi) is 4.99. The molecular formula is C20H18N2O6S. The molecule has 0 bridgehead atoms. The Bertz CT molecular complexity index is 1270. The van der Waals surface area contributed by atoms with Gasteiger partial charge in [0.15, 0.2) is 5.58 Å². The highest BCUT2D eigenvalue weighted by molar-refractivity contribution is 7.89. The minimum atomic E-state index is -3.91. The molecule has 0 atom stereocenters. The minimum Gasteiger partial charge on any atom is -0.497 e. The summed E-state index contributed by atoms with van der Waals surface area (Å²) in [6, 6.07) is 14.8. The summed E-state index contributed by atoms with van der Waals surface area (Å²) in [7, 11) is -2.34. The van der Waals surface area contributed by atoms with E-state index in [1.807, 2.05) is 0 Å². The average molecular weight is 414 g/mol. The van der Waals surface area contributed by atoms with Gasteiger partial charge in [-0.2, -0.15) is 4.31 Å². The molecule has 0 fully saturated rings. The molecule has 4 rings (SSSR count). The molecule has 0 radical (unpaired) electrons. The van der Waals surface area contributed by atoms with E-state index >= 15 is 0 Å². The molecule has 0 aliphatic rings. The summed E-state index contributed by atoms with van der Waals surface area (Å²) in [5.41, 5.74) is 1.40. The standard InChI is InChI=1S/C20H18N2O6S/c1-26-15-6-4-14(5-7-15)12-22(13-16-3-2-10-27-16)29(24,25)17-8-9-18-19(11-17)28-20(23)21-18/h2-11H,12-13H2,1H3,(H,21,23). The van der Waals surface area contributed by atoms with Gasteiger partial charge in [0, 0.05) is 12.6 Å². The van der Waals surface area contributed by atoms with Gasteiger partial charge in [0.05, 0.1) is 30.3 Å². The number of methoxy groups -OCH3 is 1. The fourth-order valence-corrected chi connectivity index (χ4v) is 4.38. The maximum Gasteiger partial charge on any atom is 0.417 e. The van der Waals surface area contributed by atoms with Crippen LogP contribution in [0.5, 0.6) is 5.75 Å². The van der Waals surface area contributed by atoms with Crippen molar-refractivity contribution in [3.05, 3.63) is 82.7 Å². The second-order valence-electron chi connectivity index (χ2n) is 6.37. The number of nitrogens with one attached hydrogen (secondary N) is 1. The number of aromatic amines is 1. The number of sulfonamides is 1. The zero-order valence-electron chi connectivity index (χ0n) is 15.5. The van der Waals surface area contributed by atoms with E-state index in [0.29, 0.717) is 17.0 Å². The van der Waals surface area contributed by atoms with E-state index in [9.17, 15) is 13.2 Å². The summed E-state index contributed by atoms with van der Waals surface area (Å²) in [6.07, 6.45) is 1.49. The van der Waals surface area contributed by atoms with Gasteiger partial charge in [-0.25, -0.2) is 13.2 Å². The normalized spacial score (nSPS) is 11.9. The van der Waals surface area contributed by atoms with Gasteiger partial charge in [0.25, 0.3) is 0 Å². The monoisotopic (exact) mass is 414 g/mol. The van der Waals surface area contributed by atoms with Gasteiger partial charge in [-0.3, -0.25) is 4.98 Å². The molecule has 0 amide bonds. The zero-order chi connectivity index (χ0) is 20.4. The van der Waals surface area contributed by atoms with E-state index in [-0.39, 0.29) is 23.6 Å². The van der Waals surface area contributed by atoms with E-state index in [4.69, 9.17) is 13.6 Å². The molecule has 0 spiro atoms. The second-order valence-corrected chi connectivity index (χ2v) is 8.31. The third kappa shape index (κ3) is 3.96. The lowest BCUT2D eigenvalue weighted by Gasteiger charge is -2.21. The summed E-state index contributed by atoms with van der Waals surface area (Å²) in [5, 5.41) is 0. The van der Waals surface area contributed by atoms with Gasteiger partial charge in [0.2, 0.25) is 10.0 Å². The first kappa shape index (κ1) is 19.0. The van der Waals surface area contributed by atoms with Crippen molar-refractivity contribution in [2.75, 3.05) is 7.11 Å². The molecule has 9 heteroatoms. The minimum absolute atomic E-state index is 0.0211. The van der Waals surface area contributed by atoms with E-state index < -0.39 is 15.8 Å². The lowest BCUT2D eigenvalue weighted by molar-refractivity contribution is 0.358. The summed E-state index contributed by atoms with van der Waals surface area (Å²) >= 11 is 0. The van der Waals surface area contributed by atoms with Gasteiger partial charge < -0.3 is 13.6 Å². The molecule has 8 nitrogen and oxygen atoms in total. The van der Waals surface area contributed by atoms with Crippen LogP contribution in [0.25, 0.3) is 11.1 Å². The number of nitrogens with zero attached hydrogens (tertiary/aromatic N) is 1. The number of aromatic nitrogens is 1. The third-order valence-corrected chi connectivity index (χ3v) is 6.25. The number of H-pyrrole nitrogens is 1. The van der Waals surface area contributed by atoms with Crippen molar-refractivity contribution in [1.82, 2.24) is 9.29 Å². The van der Waals surface area contributed by atoms with Crippen molar-refractivity contribution in [2.24, 2.45) is 0 Å². The van der Waals surface area contributed by atoms with Crippen LogP contribution in [-0.4, -0.2) is 24.8 Å². The van der Waals surface area contributed by atoms with E-state index in [0.717, 1.165) is 5.56 Å². The summed E-state index contributed by atoms with van der Waals surface area (Å²) in [6.45, 7) is 0.179. The van der Waals surface area contributed by atoms with Gasteiger partial charge in [-0.15, -0.1) is 0 Å². The van der Waals surface area contributed by atoms with Gasteiger partial charge in [0.1, 0.15) is 11.5 Å². The molecule has 2 aromatic heterocycles. The van der Waals surface area contributed by atoms with E-state index in [1.165, 1.54) is 28.8 Å². The van der Waals surface area contributed by atoms with Crippen molar-refractivity contribution in [3.63, 3.8) is 0 Å². The maximum atomic E-state index is 13.4. The van der Waals surface area contributed by atoms with Crippen molar-refractivity contribution >= 4 is 21.1 Å². The molecule has 2 heterocycles. The largest absolute Gasteiger partial charge is 0.497 e. The Morgan fingerprint density at radius 2 is 1.86 bits per heavy atom. The highest BCUT2D eigenvalue weighted by Gasteiger charge is 2.26. The van der Waals surface area contributed by atoms with Crippen LogP contribution in [0, 0.1) is 0 Å². The Morgan fingerprint density at radius 3 is 2.55 bits per heavy atom. The number of hydrogen-bond acceptors (Lipinski definition) is 6. The number of ether oxygens (including phenoxy) is 1. The molecular weight excluding hydrogens is 396 g/mol. The predicted octanol–water partition coefficient (Wildman–Crippen LogP) is 3.11. The first-order valence-corrected chi connectivity index (χ1v) is 10.2. The molecule has 0 saturated carbocycles. The summed E-state index contributed by atoms with van der Waals surface area (Å²) < 4.78 is 43.5. The molecule has 29 heavy (non-hydrogen) atoms. The topological polar surface area (TPSA) is 106 Å². The fourth-order valence-electron chi connectivity index (χ4n) is 2.97. The highest BCUT2D eigenvalue weighted by Crippen LogP contribution is 2.24. The van der Waals surface area contributed by atoms with Crippen LogP contribution in [0.15, 0.2) is 79.4 Å². The molecule has 0 aliphatic carbocycles. The maximum absolute atomic E-state index is 13.4. The van der Waals surface area contributed by atoms with Crippen molar-refractivity contribution in [2.45, 2.75) is 18.0 Å². The zero-order valence-corrected chi connectivity index (χ0v) is 16.3. The summed E-state index contributed by atoms with van der Waals surface area (Å²) in [5.74, 6) is 0.554. The first-order chi connectivity index (χ1) is 14.0. The number of furan rings is 1. The summed E-state index contributed by atoms with van der Waals surface area (Å²) in [4.78, 5) is 13.9. The average Bonchev–Trinajstić information content (AvgIpc) is 3.35. The number of rotatable bonds is 7. The predicted molar refractivity (Wildman–Crippen MR) is 105 cm³/mol. The highest BCUT2D eigenvalue weighted by atomic mass is 32.2. The van der Waals surface area contributed by atoms with Crippen LogP contribution < -0.4 is 10.5 Å². The Hall–Kier alpha value is -3.30. The van der Waals surface area contributed by atoms with Crippen LogP contribution in [0.3, 0.4) is 0 Å². The Morgan fingerprint density at radius 1 is 1.07 bits per heavy atom. The fraction of sp³-hybridized carbons (Fsp3) is 0.150. The van der Waals surface area contributed by atoms with Crippen LogP contribution in [0.2, 0.25) is 0 Å². The second kappa shape index (κ2) is 7.61. The Labute approximate surface area is 166 Å². The molecule has 1 N–H and O–H groups in total. The molecule has 150 valence electrons. The van der Waals surface area contributed by atoms with Gasteiger partial charge in [-0.05, 0) is 42.0 Å². The van der Waals surface area contributed by atoms with Crippen LogP contribution >= 0.6 is 0 Å². The third-order valence-electron chi connectivity index (χ3n) is 4.46. The van der Waals surface area contributed by atoms with Crippen molar-refractivity contribution < 1.29 is 22.0 Å². The molecule has 0 aliphatic heterocycles. The lowest BCUT2D eigenvalue weighted by atomic mass is 10.2. The number of hydrogen-bond donors (Lipinski definition) is 1. The van der Waals surface area contributed by atoms with Crippen molar-refractivity contribution in [1.29, 1.82) is 0 Å². The quantitative estimate of drug-likeness (QED) is 0.498. The van der Waals surface area contributed by atoms with Crippen LogP contribution in [-0.2, 0) is 23.1 Å². The Balaban J connectivity index is 1.71. The van der Waals surface area contributed by atoms with Gasteiger partial charge in [-0.1, -0.05) is 12.1 Å². The molecule has 0 unspecified atom stereocenters.